The molecule has 1 fully saturated rings. The Bertz CT molecular complexity index is 1140. The second kappa shape index (κ2) is 7.64. The summed E-state index contributed by atoms with van der Waals surface area (Å²) in [5.74, 6) is 0.765. The van der Waals surface area contributed by atoms with Crippen LogP contribution >= 0.6 is 11.7 Å². The molecule has 0 amide bonds. The van der Waals surface area contributed by atoms with Gasteiger partial charge in [-0.05, 0) is 55.8 Å². The van der Waals surface area contributed by atoms with Gasteiger partial charge in [0.2, 0.25) is 10.0 Å². The molecule has 0 bridgehead atoms. The highest BCUT2D eigenvalue weighted by molar-refractivity contribution is 7.89. The van der Waals surface area contributed by atoms with Crippen molar-refractivity contribution < 1.29 is 13.2 Å². The highest BCUT2D eigenvalue weighted by Crippen LogP contribution is 2.30. The van der Waals surface area contributed by atoms with Crippen molar-refractivity contribution in [3.63, 3.8) is 0 Å². The first-order chi connectivity index (χ1) is 14.1. The molecule has 29 heavy (non-hydrogen) atoms. The first kappa shape index (κ1) is 18.9. The molecule has 0 atom stereocenters. The normalized spacial score (nSPS) is 18.5. The van der Waals surface area contributed by atoms with Crippen LogP contribution in [0, 0.1) is 0 Å². The average molecular weight is 431 g/mol. The number of fused-ring (bicyclic) bond motifs is 2. The van der Waals surface area contributed by atoms with Crippen LogP contribution < -0.4 is 4.74 Å². The number of ether oxygens (including phenoxy) is 1. The van der Waals surface area contributed by atoms with Gasteiger partial charge in [0.05, 0.1) is 11.7 Å². The van der Waals surface area contributed by atoms with Gasteiger partial charge in [-0.15, -0.1) is 0 Å². The fourth-order valence-electron chi connectivity index (χ4n) is 4.05. The lowest BCUT2D eigenvalue weighted by Gasteiger charge is -2.20. The standard InChI is InChI=1S/C20H22N4O3S2/c25-29(26,19-5-3-4-17-20(19)22-28-21-17)24-10-11-27-18-7-6-15(12-16(18)14-24)13-23-8-1-2-9-23/h3-7,12H,1-2,8-11,13-14H2. The molecule has 1 saturated heterocycles. The fraction of sp³-hybridized carbons (Fsp3) is 0.400. The molecule has 5 rings (SSSR count). The summed E-state index contributed by atoms with van der Waals surface area (Å²) in [6.07, 6.45) is 2.49. The maximum atomic E-state index is 13.4. The Morgan fingerprint density at radius 3 is 2.79 bits per heavy atom. The van der Waals surface area contributed by atoms with Crippen molar-refractivity contribution in [2.24, 2.45) is 0 Å². The van der Waals surface area contributed by atoms with Crippen molar-refractivity contribution in [3.8, 4) is 5.75 Å². The van der Waals surface area contributed by atoms with E-state index in [0.717, 1.165) is 42.7 Å². The largest absolute Gasteiger partial charge is 0.492 e. The summed E-state index contributed by atoms with van der Waals surface area (Å²) >= 11 is 1.03. The summed E-state index contributed by atoms with van der Waals surface area (Å²) in [5.41, 5.74) is 3.15. The summed E-state index contributed by atoms with van der Waals surface area (Å²) in [7, 11) is -3.71. The molecule has 0 saturated carbocycles. The highest BCUT2D eigenvalue weighted by atomic mass is 32.2. The molecule has 2 aliphatic rings. The van der Waals surface area contributed by atoms with E-state index in [9.17, 15) is 8.42 Å². The van der Waals surface area contributed by atoms with Crippen LogP contribution in [0.3, 0.4) is 0 Å². The second-order valence-corrected chi connectivity index (χ2v) is 9.94. The van der Waals surface area contributed by atoms with E-state index in [1.54, 1.807) is 18.2 Å². The van der Waals surface area contributed by atoms with E-state index in [4.69, 9.17) is 4.74 Å². The Hall–Kier alpha value is -2.07. The van der Waals surface area contributed by atoms with Gasteiger partial charge in [0.25, 0.3) is 0 Å². The first-order valence-electron chi connectivity index (χ1n) is 9.80. The lowest BCUT2D eigenvalue weighted by atomic mass is 10.1. The Labute approximate surface area is 174 Å². The zero-order chi connectivity index (χ0) is 19.8. The third-order valence-electron chi connectivity index (χ3n) is 5.54. The van der Waals surface area contributed by atoms with Crippen molar-refractivity contribution in [1.29, 1.82) is 0 Å². The maximum absolute atomic E-state index is 13.4. The van der Waals surface area contributed by atoms with Crippen LogP contribution in [-0.2, 0) is 23.1 Å². The molecule has 2 aliphatic heterocycles. The molecule has 152 valence electrons. The SMILES string of the molecule is O=S(=O)(c1cccc2nsnc12)N1CCOc2ccc(CN3CCCC3)cc2C1. The number of nitrogens with zero attached hydrogens (tertiary/aromatic N) is 4. The van der Waals surface area contributed by atoms with E-state index in [1.807, 2.05) is 6.07 Å². The molecule has 3 heterocycles. The minimum atomic E-state index is -3.71. The van der Waals surface area contributed by atoms with Gasteiger partial charge < -0.3 is 4.74 Å². The maximum Gasteiger partial charge on any atom is 0.245 e. The van der Waals surface area contributed by atoms with Crippen LogP contribution in [-0.4, -0.2) is 52.6 Å². The number of sulfonamides is 1. The van der Waals surface area contributed by atoms with E-state index in [1.165, 1.54) is 22.7 Å². The van der Waals surface area contributed by atoms with Crippen molar-refractivity contribution >= 4 is 32.8 Å². The van der Waals surface area contributed by atoms with Crippen LogP contribution in [0.25, 0.3) is 11.0 Å². The summed E-state index contributed by atoms with van der Waals surface area (Å²) in [6.45, 7) is 4.05. The lowest BCUT2D eigenvalue weighted by Crippen LogP contribution is -2.32. The van der Waals surface area contributed by atoms with E-state index < -0.39 is 10.0 Å². The van der Waals surface area contributed by atoms with Crippen molar-refractivity contribution in [1.82, 2.24) is 18.0 Å². The topological polar surface area (TPSA) is 75.6 Å². The summed E-state index contributed by atoms with van der Waals surface area (Å²) in [5, 5.41) is 0. The zero-order valence-electron chi connectivity index (χ0n) is 16.0. The Balaban J connectivity index is 1.46. The minimum absolute atomic E-state index is 0.209. The Morgan fingerprint density at radius 2 is 1.93 bits per heavy atom. The predicted molar refractivity (Wildman–Crippen MR) is 111 cm³/mol. The quantitative estimate of drug-likeness (QED) is 0.634. The van der Waals surface area contributed by atoms with Crippen molar-refractivity contribution in [2.45, 2.75) is 30.8 Å². The molecule has 0 aliphatic carbocycles. The Kier molecular flexibility index (Phi) is 4.99. The van der Waals surface area contributed by atoms with E-state index in [0.29, 0.717) is 30.7 Å². The van der Waals surface area contributed by atoms with Gasteiger partial charge in [-0.25, -0.2) is 8.42 Å². The molecular formula is C20H22N4O3S2. The number of hydrogen-bond donors (Lipinski definition) is 0. The molecule has 0 N–H and O–H groups in total. The van der Waals surface area contributed by atoms with Gasteiger partial charge >= 0.3 is 0 Å². The van der Waals surface area contributed by atoms with Crippen LogP contribution in [0.4, 0.5) is 0 Å². The molecular weight excluding hydrogens is 408 g/mol. The minimum Gasteiger partial charge on any atom is -0.492 e. The molecule has 3 aromatic rings. The molecule has 0 unspecified atom stereocenters. The number of rotatable bonds is 4. The van der Waals surface area contributed by atoms with E-state index in [2.05, 4.69) is 25.8 Å². The number of likely N-dealkylation sites (tertiary alicyclic amines) is 1. The zero-order valence-corrected chi connectivity index (χ0v) is 17.6. The van der Waals surface area contributed by atoms with Gasteiger partial charge in [-0.1, -0.05) is 12.1 Å². The Morgan fingerprint density at radius 1 is 1.07 bits per heavy atom. The molecule has 9 heteroatoms. The summed E-state index contributed by atoms with van der Waals surface area (Å²) in [4.78, 5) is 2.64. The monoisotopic (exact) mass is 430 g/mol. The van der Waals surface area contributed by atoms with Crippen LogP contribution in [0.15, 0.2) is 41.3 Å². The fourth-order valence-corrected chi connectivity index (χ4v) is 6.21. The third kappa shape index (κ3) is 3.63. The summed E-state index contributed by atoms with van der Waals surface area (Å²) < 4.78 is 42.6. The second-order valence-electron chi connectivity index (χ2n) is 7.50. The van der Waals surface area contributed by atoms with Crippen molar-refractivity contribution in [3.05, 3.63) is 47.5 Å². The van der Waals surface area contributed by atoms with E-state index in [-0.39, 0.29) is 4.90 Å². The van der Waals surface area contributed by atoms with Crippen molar-refractivity contribution in [2.75, 3.05) is 26.2 Å². The molecule has 1 aromatic heterocycles. The number of benzene rings is 2. The average Bonchev–Trinajstić information content (AvgIpc) is 3.35. The van der Waals surface area contributed by atoms with E-state index >= 15 is 0 Å². The van der Waals surface area contributed by atoms with Crippen LogP contribution in [0.1, 0.15) is 24.0 Å². The highest BCUT2D eigenvalue weighted by Gasteiger charge is 2.30. The summed E-state index contributed by atoms with van der Waals surface area (Å²) in [6, 6.07) is 11.3. The smallest absolute Gasteiger partial charge is 0.245 e. The van der Waals surface area contributed by atoms with Gasteiger partial charge in [-0.2, -0.15) is 13.1 Å². The van der Waals surface area contributed by atoms with Gasteiger partial charge in [0, 0.05) is 25.2 Å². The van der Waals surface area contributed by atoms with Gasteiger partial charge in [0.15, 0.2) is 0 Å². The number of hydrogen-bond acceptors (Lipinski definition) is 7. The molecule has 2 aromatic carbocycles. The molecule has 0 spiro atoms. The predicted octanol–water partition coefficient (Wildman–Crippen LogP) is 2.87. The van der Waals surface area contributed by atoms with Crippen LogP contribution in [0.2, 0.25) is 0 Å². The molecule has 7 nitrogen and oxygen atoms in total. The van der Waals surface area contributed by atoms with Crippen LogP contribution in [0.5, 0.6) is 5.75 Å². The van der Waals surface area contributed by atoms with Gasteiger partial charge in [0.1, 0.15) is 28.3 Å². The van der Waals surface area contributed by atoms with Gasteiger partial charge in [-0.3, -0.25) is 4.90 Å². The lowest BCUT2D eigenvalue weighted by molar-refractivity contribution is 0.293. The first-order valence-corrected chi connectivity index (χ1v) is 12.0. The third-order valence-corrected chi connectivity index (χ3v) is 7.96. The number of aromatic nitrogens is 2. The molecule has 0 radical (unpaired) electrons.